The maximum absolute atomic E-state index is 12.6. The van der Waals surface area contributed by atoms with Crippen molar-refractivity contribution in [1.82, 2.24) is 4.31 Å². The largest absolute Gasteiger partial charge is 0.397 e. The predicted octanol–water partition coefficient (Wildman–Crippen LogP) is 1.74. The van der Waals surface area contributed by atoms with Crippen LogP contribution in [-0.4, -0.2) is 29.7 Å². The highest BCUT2D eigenvalue weighted by molar-refractivity contribution is 7.89. The van der Waals surface area contributed by atoms with Gasteiger partial charge >= 0.3 is 0 Å². The van der Waals surface area contributed by atoms with Crippen molar-refractivity contribution in [3.05, 3.63) is 28.3 Å². The first-order chi connectivity index (χ1) is 9.16. The summed E-state index contributed by atoms with van der Waals surface area (Å²) in [5.74, 6) is 0. The van der Waals surface area contributed by atoms with E-state index in [1.165, 1.54) is 10.4 Å². The first-order valence-corrected chi connectivity index (χ1v) is 7.67. The summed E-state index contributed by atoms with van der Waals surface area (Å²) in [5.41, 5.74) is 4.91. The van der Waals surface area contributed by atoms with E-state index < -0.39 is 20.5 Å². The summed E-state index contributed by atoms with van der Waals surface area (Å²) in [6.07, 6.45) is 1.57. The Labute approximate surface area is 117 Å². The van der Waals surface area contributed by atoms with Crippen LogP contribution >= 0.6 is 0 Å². The molecule has 8 heteroatoms. The van der Waals surface area contributed by atoms with Crippen LogP contribution in [0.2, 0.25) is 0 Å². The summed E-state index contributed by atoms with van der Waals surface area (Å²) in [6.45, 7) is 4.16. The van der Waals surface area contributed by atoms with Crippen LogP contribution in [0.4, 0.5) is 11.4 Å². The van der Waals surface area contributed by atoms with E-state index in [9.17, 15) is 18.5 Å². The van der Waals surface area contributed by atoms with Crippen molar-refractivity contribution in [3.63, 3.8) is 0 Å². The number of nitro groups is 1. The zero-order valence-corrected chi connectivity index (χ0v) is 12.2. The lowest BCUT2D eigenvalue weighted by atomic mass is 10.0. The lowest BCUT2D eigenvalue weighted by Crippen LogP contribution is -2.42. The molecule has 0 amide bonds. The minimum atomic E-state index is -3.73. The van der Waals surface area contributed by atoms with Gasteiger partial charge in [0.25, 0.3) is 5.69 Å². The van der Waals surface area contributed by atoms with Crippen LogP contribution in [0, 0.1) is 10.1 Å². The van der Waals surface area contributed by atoms with Crippen LogP contribution in [-0.2, 0) is 10.0 Å². The first-order valence-electron chi connectivity index (χ1n) is 6.23. The number of nitrogens with two attached hydrogens (primary N) is 1. The lowest BCUT2D eigenvalue weighted by Gasteiger charge is -2.30. The smallest absolute Gasteiger partial charge is 0.271 e. The average Bonchev–Trinajstić information content (AvgIpc) is 2.69. The fourth-order valence-electron chi connectivity index (χ4n) is 2.53. The molecule has 0 unspecified atom stereocenters. The van der Waals surface area contributed by atoms with Crippen molar-refractivity contribution in [3.8, 4) is 0 Å². The normalized spacial score (nSPS) is 19.1. The van der Waals surface area contributed by atoms with Crippen molar-refractivity contribution < 1.29 is 13.3 Å². The number of hydrogen-bond donors (Lipinski definition) is 1. The first kappa shape index (κ1) is 14.7. The highest BCUT2D eigenvalue weighted by Crippen LogP contribution is 2.36. The summed E-state index contributed by atoms with van der Waals surface area (Å²) >= 11 is 0. The number of hydrogen-bond acceptors (Lipinski definition) is 5. The van der Waals surface area contributed by atoms with Crippen molar-refractivity contribution in [2.45, 2.75) is 37.1 Å². The molecular weight excluding hydrogens is 282 g/mol. The molecular formula is C12H17N3O4S. The molecule has 0 atom stereocenters. The Balaban J connectivity index is 2.48. The van der Waals surface area contributed by atoms with E-state index in [1.807, 2.05) is 13.8 Å². The minimum Gasteiger partial charge on any atom is -0.397 e. The van der Waals surface area contributed by atoms with Gasteiger partial charge in [-0.1, -0.05) is 0 Å². The average molecular weight is 299 g/mol. The fraction of sp³-hybridized carbons (Fsp3) is 0.500. The van der Waals surface area contributed by atoms with E-state index >= 15 is 0 Å². The summed E-state index contributed by atoms with van der Waals surface area (Å²) in [4.78, 5) is 9.99. The Morgan fingerprint density at radius 1 is 1.40 bits per heavy atom. The van der Waals surface area contributed by atoms with Crippen LogP contribution in [0.15, 0.2) is 23.1 Å². The highest BCUT2D eigenvalue weighted by Gasteiger charge is 2.41. The van der Waals surface area contributed by atoms with Gasteiger partial charge in [-0.05, 0) is 32.8 Å². The molecule has 0 radical (unpaired) electrons. The Morgan fingerprint density at radius 2 is 2.05 bits per heavy atom. The van der Waals surface area contributed by atoms with Crippen LogP contribution in [0.3, 0.4) is 0 Å². The number of non-ortho nitro benzene ring substituents is 1. The van der Waals surface area contributed by atoms with Gasteiger partial charge in [0.05, 0.1) is 10.6 Å². The van der Waals surface area contributed by atoms with E-state index in [0.29, 0.717) is 6.54 Å². The van der Waals surface area contributed by atoms with Crippen molar-refractivity contribution in [2.24, 2.45) is 0 Å². The summed E-state index contributed by atoms with van der Waals surface area (Å²) in [7, 11) is -3.73. The topological polar surface area (TPSA) is 107 Å². The summed E-state index contributed by atoms with van der Waals surface area (Å²) in [6, 6.07) is 3.44. The third-order valence-electron chi connectivity index (χ3n) is 3.60. The van der Waals surface area contributed by atoms with Crippen LogP contribution in [0.25, 0.3) is 0 Å². The molecule has 1 aromatic carbocycles. The highest BCUT2D eigenvalue weighted by atomic mass is 32.2. The Morgan fingerprint density at radius 3 is 2.50 bits per heavy atom. The molecule has 2 N–H and O–H groups in total. The van der Waals surface area contributed by atoms with Crippen LogP contribution in [0.1, 0.15) is 26.7 Å². The van der Waals surface area contributed by atoms with Gasteiger partial charge in [0.15, 0.2) is 0 Å². The molecule has 0 saturated carbocycles. The van der Waals surface area contributed by atoms with Crippen molar-refractivity contribution in [2.75, 3.05) is 12.3 Å². The molecule has 0 bridgehead atoms. The zero-order valence-electron chi connectivity index (χ0n) is 11.4. The maximum Gasteiger partial charge on any atom is 0.271 e. The number of nitro benzene ring substituents is 1. The molecule has 7 nitrogen and oxygen atoms in total. The molecule has 1 saturated heterocycles. The molecule has 1 heterocycles. The zero-order chi connectivity index (χ0) is 15.1. The van der Waals surface area contributed by atoms with Gasteiger partial charge in [-0.15, -0.1) is 0 Å². The monoisotopic (exact) mass is 299 g/mol. The number of sulfonamides is 1. The molecule has 0 aromatic heterocycles. The van der Waals surface area contributed by atoms with Gasteiger partial charge in [-0.3, -0.25) is 10.1 Å². The predicted molar refractivity (Wildman–Crippen MR) is 74.7 cm³/mol. The molecule has 2 rings (SSSR count). The van der Waals surface area contributed by atoms with Gasteiger partial charge in [0, 0.05) is 24.2 Å². The minimum absolute atomic E-state index is 0.0712. The molecule has 110 valence electrons. The van der Waals surface area contributed by atoms with E-state index in [1.54, 1.807) is 0 Å². The molecule has 1 aliphatic rings. The van der Waals surface area contributed by atoms with Crippen molar-refractivity contribution >= 4 is 21.4 Å². The second-order valence-corrected chi connectivity index (χ2v) is 7.30. The Hall–Kier alpha value is -1.67. The standard InChI is InChI=1S/C12H17N3O4S/c1-12(2)6-3-7-14(12)20(18,19)11-5-4-9(15(16)17)8-10(11)13/h4-5,8H,3,6-7,13H2,1-2H3. The van der Waals surface area contributed by atoms with Crippen LogP contribution < -0.4 is 5.73 Å². The summed E-state index contributed by atoms with van der Waals surface area (Å²) < 4.78 is 26.7. The molecule has 0 aliphatic carbocycles. The van der Waals surface area contributed by atoms with Gasteiger partial charge in [-0.25, -0.2) is 8.42 Å². The molecule has 20 heavy (non-hydrogen) atoms. The second kappa shape index (κ2) is 4.71. The Kier molecular flexibility index (Phi) is 3.47. The molecule has 1 fully saturated rings. The SMILES string of the molecule is CC1(C)CCCN1S(=O)(=O)c1ccc([N+](=O)[O-])cc1N. The third kappa shape index (κ3) is 2.36. The van der Waals surface area contributed by atoms with Gasteiger partial charge < -0.3 is 5.73 Å². The quantitative estimate of drug-likeness (QED) is 0.519. The molecule has 1 aliphatic heterocycles. The molecule has 0 spiro atoms. The lowest BCUT2D eigenvalue weighted by molar-refractivity contribution is -0.384. The van der Waals surface area contributed by atoms with Crippen molar-refractivity contribution in [1.29, 1.82) is 0 Å². The molecule has 1 aromatic rings. The number of benzene rings is 1. The maximum atomic E-state index is 12.6. The third-order valence-corrected chi connectivity index (χ3v) is 5.78. The van der Waals surface area contributed by atoms with E-state index in [4.69, 9.17) is 5.73 Å². The van der Waals surface area contributed by atoms with E-state index in [-0.39, 0.29) is 16.3 Å². The Bertz CT molecular complexity index is 655. The van der Waals surface area contributed by atoms with Gasteiger partial charge in [0.2, 0.25) is 10.0 Å². The number of nitrogen functional groups attached to an aromatic ring is 1. The van der Waals surface area contributed by atoms with Gasteiger partial charge in [0.1, 0.15) is 4.90 Å². The van der Waals surface area contributed by atoms with E-state index in [2.05, 4.69) is 0 Å². The second-order valence-electron chi connectivity index (χ2n) is 5.47. The number of anilines is 1. The fourth-order valence-corrected chi connectivity index (χ4v) is 4.48. The number of rotatable bonds is 3. The van der Waals surface area contributed by atoms with Crippen LogP contribution in [0.5, 0.6) is 0 Å². The summed E-state index contributed by atoms with van der Waals surface area (Å²) in [5, 5.41) is 10.7. The number of nitrogens with zero attached hydrogens (tertiary/aromatic N) is 2. The van der Waals surface area contributed by atoms with Gasteiger partial charge in [-0.2, -0.15) is 4.31 Å². The van der Waals surface area contributed by atoms with E-state index in [0.717, 1.165) is 25.0 Å².